The number of aromatic nitrogens is 4. The van der Waals surface area contributed by atoms with Crippen molar-refractivity contribution in [1.82, 2.24) is 20.2 Å². The van der Waals surface area contributed by atoms with Crippen LogP contribution in [0.4, 0.5) is 5.95 Å². The van der Waals surface area contributed by atoms with Gasteiger partial charge in [-0.15, -0.1) is 0 Å². The number of benzene rings is 1. The van der Waals surface area contributed by atoms with Gasteiger partial charge in [-0.2, -0.15) is 15.1 Å². The van der Waals surface area contributed by atoms with E-state index in [1.807, 2.05) is 24.3 Å². The summed E-state index contributed by atoms with van der Waals surface area (Å²) >= 11 is 0. The van der Waals surface area contributed by atoms with Crippen LogP contribution in [-0.4, -0.2) is 27.2 Å². The maximum absolute atomic E-state index is 5.96. The molecule has 0 aliphatic carbocycles. The van der Waals surface area contributed by atoms with Gasteiger partial charge in [-0.1, -0.05) is 25.1 Å². The van der Waals surface area contributed by atoms with Gasteiger partial charge in [-0.25, -0.2) is 0 Å². The van der Waals surface area contributed by atoms with Gasteiger partial charge < -0.3 is 10.1 Å². The average molecular weight is 269 g/mol. The molecule has 2 heterocycles. The zero-order valence-corrected chi connectivity index (χ0v) is 11.3. The van der Waals surface area contributed by atoms with Crippen molar-refractivity contribution in [3.63, 3.8) is 0 Å². The van der Waals surface area contributed by atoms with Gasteiger partial charge in [0.2, 0.25) is 11.8 Å². The lowest BCUT2D eigenvalue weighted by Gasteiger charge is -2.10. The van der Waals surface area contributed by atoms with Crippen molar-refractivity contribution in [1.29, 1.82) is 0 Å². The molecule has 6 nitrogen and oxygen atoms in total. The second-order valence-electron chi connectivity index (χ2n) is 4.30. The topological polar surface area (TPSA) is 75.7 Å². The molecule has 0 atom stereocenters. The van der Waals surface area contributed by atoms with E-state index in [9.17, 15) is 0 Å². The van der Waals surface area contributed by atoms with Crippen LogP contribution in [0.15, 0.2) is 30.5 Å². The fourth-order valence-corrected chi connectivity index (χ4v) is 2.00. The van der Waals surface area contributed by atoms with Gasteiger partial charge in [0, 0.05) is 7.05 Å². The van der Waals surface area contributed by atoms with Gasteiger partial charge in [0.25, 0.3) is 0 Å². The third-order valence-corrected chi connectivity index (χ3v) is 3.06. The molecule has 0 unspecified atom stereocenters. The Kier molecular flexibility index (Phi) is 3.20. The summed E-state index contributed by atoms with van der Waals surface area (Å²) in [7, 11) is 1.77. The Hall–Kier alpha value is -2.63. The number of nitrogens with zero attached hydrogens (tertiary/aromatic N) is 3. The van der Waals surface area contributed by atoms with Crippen LogP contribution in [0.5, 0.6) is 11.6 Å². The maximum atomic E-state index is 5.96. The number of anilines is 1. The zero-order valence-electron chi connectivity index (χ0n) is 11.3. The highest BCUT2D eigenvalue weighted by atomic mass is 16.5. The fourth-order valence-electron chi connectivity index (χ4n) is 2.00. The van der Waals surface area contributed by atoms with E-state index in [-0.39, 0.29) is 0 Å². The molecule has 2 N–H and O–H groups in total. The van der Waals surface area contributed by atoms with Crippen molar-refractivity contribution in [2.75, 3.05) is 12.4 Å². The molecule has 0 aliphatic rings. The lowest BCUT2D eigenvalue weighted by Crippen LogP contribution is -1.99. The lowest BCUT2D eigenvalue weighted by atomic mass is 10.1. The third kappa shape index (κ3) is 2.16. The molecule has 2 aromatic heterocycles. The van der Waals surface area contributed by atoms with E-state index in [4.69, 9.17) is 4.74 Å². The predicted molar refractivity (Wildman–Crippen MR) is 77.1 cm³/mol. The Morgan fingerprint density at radius 2 is 2.10 bits per heavy atom. The van der Waals surface area contributed by atoms with Crippen LogP contribution in [0.25, 0.3) is 11.0 Å². The average Bonchev–Trinajstić information content (AvgIpc) is 2.96. The Labute approximate surface area is 116 Å². The van der Waals surface area contributed by atoms with Crippen LogP contribution in [0.1, 0.15) is 12.5 Å². The van der Waals surface area contributed by atoms with Crippen molar-refractivity contribution < 1.29 is 4.74 Å². The molecule has 3 rings (SSSR count). The minimum absolute atomic E-state index is 0.491. The third-order valence-electron chi connectivity index (χ3n) is 3.06. The summed E-state index contributed by atoms with van der Waals surface area (Å²) < 4.78 is 5.96. The van der Waals surface area contributed by atoms with E-state index in [2.05, 4.69) is 32.4 Å². The Balaban J connectivity index is 2.07. The number of nitrogens with one attached hydrogen (secondary N) is 2. The summed E-state index contributed by atoms with van der Waals surface area (Å²) in [4.78, 5) is 8.64. The normalized spacial score (nSPS) is 10.7. The molecule has 20 heavy (non-hydrogen) atoms. The van der Waals surface area contributed by atoms with Gasteiger partial charge in [0.1, 0.15) is 11.1 Å². The van der Waals surface area contributed by atoms with Crippen LogP contribution in [-0.2, 0) is 6.42 Å². The van der Waals surface area contributed by atoms with Crippen LogP contribution in [0.2, 0.25) is 0 Å². The molecule has 0 saturated heterocycles. The van der Waals surface area contributed by atoms with Gasteiger partial charge in [0.15, 0.2) is 5.65 Å². The van der Waals surface area contributed by atoms with Gasteiger partial charge >= 0.3 is 0 Å². The number of hydrogen-bond donors (Lipinski definition) is 2. The molecule has 6 heteroatoms. The van der Waals surface area contributed by atoms with E-state index in [1.54, 1.807) is 13.2 Å². The Bertz CT molecular complexity index is 737. The Morgan fingerprint density at radius 3 is 2.90 bits per heavy atom. The van der Waals surface area contributed by atoms with Crippen LogP contribution in [0, 0.1) is 0 Å². The summed E-state index contributed by atoms with van der Waals surface area (Å²) in [5.41, 5.74) is 1.78. The fraction of sp³-hybridized carbons (Fsp3) is 0.214. The number of fused-ring (bicyclic) bond motifs is 1. The number of ether oxygens (including phenoxy) is 1. The van der Waals surface area contributed by atoms with Crippen molar-refractivity contribution >= 4 is 17.0 Å². The molecule has 0 spiro atoms. The van der Waals surface area contributed by atoms with Crippen molar-refractivity contribution in [3.05, 3.63) is 36.0 Å². The molecule has 102 valence electrons. The number of hydrogen-bond acceptors (Lipinski definition) is 5. The molecule has 1 aromatic carbocycles. The summed E-state index contributed by atoms with van der Waals surface area (Å²) in [6.45, 7) is 2.09. The molecular weight excluding hydrogens is 254 g/mol. The summed E-state index contributed by atoms with van der Waals surface area (Å²) in [5, 5.41) is 10.5. The first-order valence-corrected chi connectivity index (χ1v) is 6.46. The van der Waals surface area contributed by atoms with E-state index in [0.29, 0.717) is 17.5 Å². The number of aryl methyl sites for hydroxylation is 1. The molecule has 0 radical (unpaired) electrons. The largest absolute Gasteiger partial charge is 0.438 e. The number of aromatic amines is 1. The van der Waals surface area contributed by atoms with Crippen LogP contribution in [0.3, 0.4) is 0 Å². The minimum Gasteiger partial charge on any atom is -0.438 e. The van der Waals surface area contributed by atoms with E-state index in [1.165, 1.54) is 0 Å². The number of rotatable bonds is 4. The highest BCUT2D eigenvalue weighted by Crippen LogP contribution is 2.29. The molecule has 0 saturated carbocycles. The minimum atomic E-state index is 0.491. The predicted octanol–water partition coefficient (Wildman–Crippen LogP) is 2.75. The second-order valence-corrected chi connectivity index (χ2v) is 4.30. The molecule has 0 amide bonds. The summed E-state index contributed by atoms with van der Waals surface area (Å²) in [5.74, 6) is 1.79. The summed E-state index contributed by atoms with van der Waals surface area (Å²) in [6.07, 6.45) is 2.56. The lowest BCUT2D eigenvalue weighted by molar-refractivity contribution is 0.463. The van der Waals surface area contributed by atoms with Gasteiger partial charge in [-0.3, -0.25) is 5.10 Å². The quantitative estimate of drug-likeness (QED) is 0.761. The first kappa shape index (κ1) is 12.4. The van der Waals surface area contributed by atoms with Crippen molar-refractivity contribution in [2.24, 2.45) is 0 Å². The second kappa shape index (κ2) is 5.16. The summed E-state index contributed by atoms with van der Waals surface area (Å²) in [6, 6.07) is 7.92. The van der Waals surface area contributed by atoms with Crippen LogP contribution < -0.4 is 10.1 Å². The molecular formula is C14H15N5O. The SMILES string of the molecule is CCc1ccccc1Oc1nc(NC)nc2[nH]ncc12. The van der Waals surface area contributed by atoms with Gasteiger partial charge in [0.05, 0.1) is 6.20 Å². The standard InChI is InChI=1S/C14H15N5O/c1-3-9-6-4-5-7-11(9)20-13-10-8-16-19-12(10)17-14(15-2)18-13/h4-8H,3H2,1-2H3,(H2,15,16,17,18,19). The van der Waals surface area contributed by atoms with E-state index in [0.717, 1.165) is 23.1 Å². The monoisotopic (exact) mass is 269 g/mol. The Morgan fingerprint density at radius 1 is 1.25 bits per heavy atom. The van der Waals surface area contributed by atoms with E-state index < -0.39 is 0 Å². The van der Waals surface area contributed by atoms with Crippen molar-refractivity contribution in [2.45, 2.75) is 13.3 Å². The smallest absolute Gasteiger partial charge is 0.235 e. The molecule has 0 aliphatic heterocycles. The van der Waals surface area contributed by atoms with Crippen molar-refractivity contribution in [3.8, 4) is 11.6 Å². The van der Waals surface area contributed by atoms with E-state index >= 15 is 0 Å². The van der Waals surface area contributed by atoms with Crippen LogP contribution >= 0.6 is 0 Å². The molecule has 0 fully saturated rings. The maximum Gasteiger partial charge on any atom is 0.235 e. The highest BCUT2D eigenvalue weighted by molar-refractivity contribution is 5.80. The highest BCUT2D eigenvalue weighted by Gasteiger charge is 2.12. The first-order chi connectivity index (χ1) is 9.81. The zero-order chi connectivity index (χ0) is 13.9. The molecule has 3 aromatic rings. The number of para-hydroxylation sites is 1. The molecule has 0 bridgehead atoms. The number of H-pyrrole nitrogens is 1. The first-order valence-electron chi connectivity index (χ1n) is 6.46. The van der Waals surface area contributed by atoms with Gasteiger partial charge in [-0.05, 0) is 18.1 Å².